The molecule has 0 spiro atoms. The van der Waals surface area contributed by atoms with Crippen molar-refractivity contribution in [3.05, 3.63) is 23.8 Å². The number of rotatable bonds is 2. The standard InChI is InChI=1S/C13H18N2O3/c1-2-14-6-8-15(9-7-14)13(18)12-10(16)4-3-5-11(12)17/h3-5,16-17H,2,6-9H2,1H3. The van der Waals surface area contributed by atoms with Crippen LogP contribution in [-0.4, -0.2) is 58.6 Å². The number of hydrogen-bond acceptors (Lipinski definition) is 4. The van der Waals surface area contributed by atoms with Crippen LogP contribution in [-0.2, 0) is 0 Å². The lowest BCUT2D eigenvalue weighted by atomic mass is 10.1. The molecule has 0 atom stereocenters. The third kappa shape index (κ3) is 2.41. The molecule has 98 valence electrons. The Bertz CT molecular complexity index is 420. The van der Waals surface area contributed by atoms with Crippen molar-refractivity contribution >= 4 is 5.91 Å². The maximum absolute atomic E-state index is 12.2. The van der Waals surface area contributed by atoms with Crippen molar-refractivity contribution in [1.29, 1.82) is 0 Å². The van der Waals surface area contributed by atoms with E-state index in [-0.39, 0.29) is 23.0 Å². The molecule has 5 heteroatoms. The molecular weight excluding hydrogens is 232 g/mol. The zero-order chi connectivity index (χ0) is 13.1. The number of amides is 1. The van der Waals surface area contributed by atoms with Gasteiger partial charge in [-0.25, -0.2) is 0 Å². The third-order valence-corrected chi connectivity index (χ3v) is 3.34. The second-order valence-electron chi connectivity index (χ2n) is 4.40. The molecule has 1 aliphatic heterocycles. The minimum Gasteiger partial charge on any atom is -0.507 e. The van der Waals surface area contributed by atoms with Crippen molar-refractivity contribution in [3.8, 4) is 11.5 Å². The summed E-state index contributed by atoms with van der Waals surface area (Å²) >= 11 is 0. The van der Waals surface area contributed by atoms with Gasteiger partial charge >= 0.3 is 0 Å². The summed E-state index contributed by atoms with van der Waals surface area (Å²) in [5.74, 6) is -0.641. The van der Waals surface area contributed by atoms with Gasteiger partial charge in [0.05, 0.1) is 0 Å². The van der Waals surface area contributed by atoms with Crippen LogP contribution in [0.4, 0.5) is 0 Å². The highest BCUT2D eigenvalue weighted by Gasteiger charge is 2.25. The molecule has 0 radical (unpaired) electrons. The maximum atomic E-state index is 12.2. The fraction of sp³-hybridized carbons (Fsp3) is 0.462. The van der Waals surface area contributed by atoms with E-state index in [4.69, 9.17) is 0 Å². The zero-order valence-electron chi connectivity index (χ0n) is 10.5. The fourth-order valence-corrected chi connectivity index (χ4v) is 2.17. The Kier molecular flexibility index (Phi) is 3.72. The molecule has 0 saturated carbocycles. The van der Waals surface area contributed by atoms with Crippen LogP contribution >= 0.6 is 0 Å². The van der Waals surface area contributed by atoms with Gasteiger partial charge in [0, 0.05) is 26.2 Å². The Labute approximate surface area is 106 Å². The van der Waals surface area contributed by atoms with Gasteiger partial charge in [0.25, 0.3) is 5.91 Å². The number of benzene rings is 1. The Morgan fingerprint density at radius 2 is 1.72 bits per heavy atom. The molecule has 0 unspecified atom stereocenters. The van der Waals surface area contributed by atoms with Gasteiger partial charge in [-0.2, -0.15) is 0 Å². The molecule has 1 saturated heterocycles. The van der Waals surface area contributed by atoms with E-state index in [1.54, 1.807) is 4.90 Å². The van der Waals surface area contributed by atoms with Crippen molar-refractivity contribution < 1.29 is 15.0 Å². The van der Waals surface area contributed by atoms with Crippen LogP contribution < -0.4 is 0 Å². The quantitative estimate of drug-likeness (QED) is 0.817. The number of nitrogens with zero attached hydrogens (tertiary/aromatic N) is 2. The molecule has 5 nitrogen and oxygen atoms in total. The van der Waals surface area contributed by atoms with Crippen LogP contribution in [0.5, 0.6) is 11.5 Å². The number of phenols is 2. The van der Waals surface area contributed by atoms with E-state index >= 15 is 0 Å². The van der Waals surface area contributed by atoms with E-state index in [0.29, 0.717) is 13.1 Å². The maximum Gasteiger partial charge on any atom is 0.261 e. The molecular formula is C13H18N2O3. The number of carbonyl (C=O) groups is 1. The van der Waals surface area contributed by atoms with Crippen LogP contribution in [0.1, 0.15) is 17.3 Å². The number of aromatic hydroxyl groups is 2. The molecule has 1 fully saturated rings. The highest BCUT2D eigenvalue weighted by molar-refractivity contribution is 5.99. The van der Waals surface area contributed by atoms with Crippen molar-refractivity contribution in [1.82, 2.24) is 9.80 Å². The largest absolute Gasteiger partial charge is 0.507 e. The summed E-state index contributed by atoms with van der Waals surface area (Å²) in [6.07, 6.45) is 0. The Balaban J connectivity index is 2.13. The number of likely N-dealkylation sites (N-methyl/N-ethyl adjacent to an activating group) is 1. The summed E-state index contributed by atoms with van der Waals surface area (Å²) in [5.41, 5.74) is 0.00227. The average molecular weight is 250 g/mol. The highest BCUT2D eigenvalue weighted by Crippen LogP contribution is 2.27. The van der Waals surface area contributed by atoms with E-state index in [2.05, 4.69) is 11.8 Å². The average Bonchev–Trinajstić information content (AvgIpc) is 2.38. The summed E-state index contributed by atoms with van der Waals surface area (Å²) in [4.78, 5) is 16.1. The normalized spacial score (nSPS) is 16.8. The highest BCUT2D eigenvalue weighted by atomic mass is 16.3. The minimum absolute atomic E-state index is 0.00227. The molecule has 1 aromatic carbocycles. The van der Waals surface area contributed by atoms with Gasteiger partial charge in [-0.05, 0) is 18.7 Å². The number of piperazine rings is 1. The Morgan fingerprint density at radius 3 is 2.22 bits per heavy atom. The third-order valence-electron chi connectivity index (χ3n) is 3.34. The molecule has 1 aromatic rings. The van der Waals surface area contributed by atoms with Crippen LogP contribution in [0.3, 0.4) is 0 Å². The van der Waals surface area contributed by atoms with Crippen LogP contribution in [0.25, 0.3) is 0 Å². The van der Waals surface area contributed by atoms with Gasteiger partial charge in [-0.3, -0.25) is 4.79 Å². The van der Waals surface area contributed by atoms with E-state index in [9.17, 15) is 15.0 Å². The summed E-state index contributed by atoms with van der Waals surface area (Å²) in [6, 6.07) is 4.33. The van der Waals surface area contributed by atoms with Crippen LogP contribution in [0, 0.1) is 0 Å². The second kappa shape index (κ2) is 5.27. The number of carbonyl (C=O) groups excluding carboxylic acids is 1. The minimum atomic E-state index is -0.304. The summed E-state index contributed by atoms with van der Waals surface area (Å²) in [6.45, 7) is 5.98. The SMILES string of the molecule is CCN1CCN(C(=O)c2c(O)cccc2O)CC1. The van der Waals surface area contributed by atoms with E-state index in [0.717, 1.165) is 19.6 Å². The Morgan fingerprint density at radius 1 is 1.17 bits per heavy atom. The fourth-order valence-electron chi connectivity index (χ4n) is 2.17. The summed E-state index contributed by atoms with van der Waals surface area (Å²) in [5, 5.41) is 19.3. The van der Waals surface area contributed by atoms with Crippen molar-refractivity contribution in [2.75, 3.05) is 32.7 Å². The van der Waals surface area contributed by atoms with E-state index in [1.165, 1.54) is 18.2 Å². The van der Waals surface area contributed by atoms with Crippen LogP contribution in [0.2, 0.25) is 0 Å². The van der Waals surface area contributed by atoms with Gasteiger partial charge in [0.15, 0.2) is 0 Å². The molecule has 18 heavy (non-hydrogen) atoms. The van der Waals surface area contributed by atoms with E-state index in [1.807, 2.05) is 0 Å². The lowest BCUT2D eigenvalue weighted by Crippen LogP contribution is -2.48. The molecule has 2 N–H and O–H groups in total. The molecule has 0 aliphatic carbocycles. The predicted octanol–water partition coefficient (Wildman–Crippen LogP) is 0.875. The number of hydrogen-bond donors (Lipinski definition) is 2. The van der Waals surface area contributed by atoms with Crippen LogP contribution in [0.15, 0.2) is 18.2 Å². The van der Waals surface area contributed by atoms with Crippen molar-refractivity contribution in [2.45, 2.75) is 6.92 Å². The van der Waals surface area contributed by atoms with Gasteiger partial charge in [-0.15, -0.1) is 0 Å². The number of phenolic OH excluding ortho intramolecular Hbond substituents is 2. The lowest BCUT2D eigenvalue weighted by molar-refractivity contribution is 0.0637. The van der Waals surface area contributed by atoms with Crippen molar-refractivity contribution in [2.24, 2.45) is 0 Å². The second-order valence-corrected chi connectivity index (χ2v) is 4.40. The topological polar surface area (TPSA) is 64.0 Å². The predicted molar refractivity (Wildman–Crippen MR) is 67.8 cm³/mol. The molecule has 1 amide bonds. The first kappa shape index (κ1) is 12.7. The lowest BCUT2D eigenvalue weighted by Gasteiger charge is -2.34. The van der Waals surface area contributed by atoms with Gasteiger partial charge in [0.2, 0.25) is 0 Å². The zero-order valence-corrected chi connectivity index (χ0v) is 10.5. The van der Waals surface area contributed by atoms with Gasteiger partial charge in [-0.1, -0.05) is 13.0 Å². The molecule has 2 rings (SSSR count). The monoisotopic (exact) mass is 250 g/mol. The molecule has 1 aliphatic rings. The molecule has 1 heterocycles. The Hall–Kier alpha value is -1.75. The first-order chi connectivity index (χ1) is 8.63. The summed E-state index contributed by atoms with van der Waals surface area (Å²) < 4.78 is 0. The van der Waals surface area contributed by atoms with Gasteiger partial charge in [0.1, 0.15) is 17.1 Å². The molecule has 0 aromatic heterocycles. The first-order valence-electron chi connectivity index (χ1n) is 6.16. The van der Waals surface area contributed by atoms with E-state index < -0.39 is 0 Å². The first-order valence-corrected chi connectivity index (χ1v) is 6.16. The smallest absolute Gasteiger partial charge is 0.261 e. The summed E-state index contributed by atoms with van der Waals surface area (Å²) in [7, 11) is 0. The van der Waals surface area contributed by atoms with Crippen molar-refractivity contribution in [3.63, 3.8) is 0 Å². The molecule has 0 bridgehead atoms. The van der Waals surface area contributed by atoms with Gasteiger partial charge < -0.3 is 20.0 Å².